The highest BCUT2D eigenvalue weighted by atomic mass is 19.1. The average Bonchev–Trinajstić information content (AvgIpc) is 2.65. The molecule has 2 N–H and O–H groups in total. The van der Waals surface area contributed by atoms with Crippen LogP contribution in [-0.2, 0) is 17.6 Å². The van der Waals surface area contributed by atoms with Crippen molar-refractivity contribution in [2.24, 2.45) is 0 Å². The Morgan fingerprint density at radius 2 is 1.81 bits per heavy atom. The molecule has 134 valence electrons. The number of rotatable bonds is 6. The Bertz CT molecular complexity index is 863. The third kappa shape index (κ3) is 4.45. The Hall–Kier alpha value is -3.20. The number of amides is 1. The van der Waals surface area contributed by atoms with Crippen molar-refractivity contribution < 1.29 is 13.6 Å². The molecule has 0 unspecified atom stereocenters. The van der Waals surface area contributed by atoms with Gasteiger partial charge in [0, 0.05) is 18.0 Å². The van der Waals surface area contributed by atoms with E-state index >= 15 is 0 Å². The second-order valence-electron chi connectivity index (χ2n) is 5.55. The van der Waals surface area contributed by atoms with E-state index in [1.807, 2.05) is 32.0 Å². The highest BCUT2D eigenvalue weighted by Crippen LogP contribution is 2.23. The van der Waals surface area contributed by atoms with Crippen LogP contribution in [0, 0.1) is 23.0 Å². The van der Waals surface area contributed by atoms with Crippen LogP contribution < -0.4 is 10.6 Å². The van der Waals surface area contributed by atoms with Gasteiger partial charge in [-0.3, -0.25) is 4.79 Å². The van der Waals surface area contributed by atoms with Crippen LogP contribution in [0.25, 0.3) is 0 Å². The summed E-state index contributed by atoms with van der Waals surface area (Å²) in [5.41, 5.74) is 2.19. The number of para-hydroxylation sites is 1. The minimum absolute atomic E-state index is 0.159. The number of nitrogens with one attached hydrogen (secondary N) is 2. The molecule has 0 saturated heterocycles. The van der Waals surface area contributed by atoms with E-state index in [9.17, 15) is 18.8 Å². The Morgan fingerprint density at radius 3 is 2.38 bits per heavy atom. The molecule has 4 nitrogen and oxygen atoms in total. The fourth-order valence-corrected chi connectivity index (χ4v) is 2.49. The summed E-state index contributed by atoms with van der Waals surface area (Å²) in [6.07, 6.45) is 2.51. The maximum Gasteiger partial charge on any atom is 0.267 e. The first-order valence-electron chi connectivity index (χ1n) is 8.24. The van der Waals surface area contributed by atoms with E-state index in [2.05, 4.69) is 10.6 Å². The molecule has 0 aliphatic heterocycles. The van der Waals surface area contributed by atoms with E-state index < -0.39 is 17.5 Å². The number of aryl methyl sites for hydroxylation is 2. The fourth-order valence-electron chi connectivity index (χ4n) is 2.49. The van der Waals surface area contributed by atoms with Crippen LogP contribution in [-0.4, -0.2) is 5.91 Å². The summed E-state index contributed by atoms with van der Waals surface area (Å²) in [4.78, 5) is 12.4. The van der Waals surface area contributed by atoms with Gasteiger partial charge in [0.1, 0.15) is 23.3 Å². The fraction of sp³-hybridized carbons (Fsp3) is 0.200. The molecule has 0 aliphatic rings. The Labute approximate surface area is 151 Å². The molecule has 2 aromatic carbocycles. The number of carbonyl (C=O) groups is 1. The SMILES string of the molecule is CCc1cccc(CC)c1NC(=O)/C(C#N)=C\Nc1cc(F)ccc1F. The van der Waals surface area contributed by atoms with Gasteiger partial charge in [-0.05, 0) is 36.1 Å². The average molecular weight is 355 g/mol. The third-order valence-corrected chi connectivity index (χ3v) is 3.90. The van der Waals surface area contributed by atoms with Gasteiger partial charge in [-0.15, -0.1) is 0 Å². The molecule has 2 rings (SSSR count). The monoisotopic (exact) mass is 355 g/mol. The molecule has 0 bridgehead atoms. The van der Waals surface area contributed by atoms with Crippen LogP contribution in [0.4, 0.5) is 20.2 Å². The predicted molar refractivity (Wildman–Crippen MR) is 97.5 cm³/mol. The van der Waals surface area contributed by atoms with Gasteiger partial charge in [0.05, 0.1) is 5.69 Å². The van der Waals surface area contributed by atoms with E-state index in [0.29, 0.717) is 5.69 Å². The molecular formula is C20H19F2N3O. The van der Waals surface area contributed by atoms with Gasteiger partial charge >= 0.3 is 0 Å². The zero-order valence-corrected chi connectivity index (χ0v) is 14.6. The lowest BCUT2D eigenvalue weighted by Gasteiger charge is -2.14. The molecule has 1 amide bonds. The number of hydrogen-bond donors (Lipinski definition) is 2. The lowest BCUT2D eigenvalue weighted by molar-refractivity contribution is -0.112. The van der Waals surface area contributed by atoms with E-state index in [4.69, 9.17) is 0 Å². The topological polar surface area (TPSA) is 64.9 Å². The smallest absolute Gasteiger partial charge is 0.267 e. The standard InChI is InChI=1S/C20H19F2N3O/c1-3-13-6-5-7-14(4-2)19(13)25-20(26)15(11-23)12-24-18-10-16(21)8-9-17(18)22/h5-10,12,24H,3-4H2,1-2H3,(H,25,26)/b15-12-. The first-order chi connectivity index (χ1) is 12.5. The second kappa shape index (κ2) is 8.77. The second-order valence-corrected chi connectivity index (χ2v) is 5.55. The van der Waals surface area contributed by atoms with Crippen LogP contribution in [0.2, 0.25) is 0 Å². The molecule has 0 saturated carbocycles. The number of nitrogens with zero attached hydrogens (tertiary/aromatic N) is 1. The van der Waals surface area contributed by atoms with Gasteiger partial charge in [-0.25, -0.2) is 8.78 Å². The number of carbonyl (C=O) groups excluding carboxylic acids is 1. The molecule has 0 heterocycles. The van der Waals surface area contributed by atoms with Crippen molar-refractivity contribution >= 4 is 17.3 Å². The van der Waals surface area contributed by atoms with Crippen molar-refractivity contribution in [2.75, 3.05) is 10.6 Å². The summed E-state index contributed by atoms with van der Waals surface area (Å²) in [6, 6.07) is 10.4. The number of halogens is 2. The molecule has 0 atom stereocenters. The van der Waals surface area contributed by atoms with Crippen molar-refractivity contribution in [3.63, 3.8) is 0 Å². The highest BCUT2D eigenvalue weighted by molar-refractivity contribution is 6.07. The van der Waals surface area contributed by atoms with Crippen molar-refractivity contribution in [1.82, 2.24) is 0 Å². The molecule has 2 aromatic rings. The Morgan fingerprint density at radius 1 is 1.15 bits per heavy atom. The van der Waals surface area contributed by atoms with Crippen LogP contribution in [0.1, 0.15) is 25.0 Å². The molecule has 0 fully saturated rings. The predicted octanol–water partition coefficient (Wildman–Crippen LogP) is 4.55. The van der Waals surface area contributed by atoms with Gasteiger partial charge in [0.2, 0.25) is 0 Å². The molecule has 6 heteroatoms. The van der Waals surface area contributed by atoms with Gasteiger partial charge in [0.25, 0.3) is 5.91 Å². The summed E-state index contributed by atoms with van der Waals surface area (Å²) in [6.45, 7) is 3.94. The summed E-state index contributed by atoms with van der Waals surface area (Å²) in [7, 11) is 0. The normalized spacial score (nSPS) is 11.0. The van der Waals surface area contributed by atoms with Crippen LogP contribution in [0.3, 0.4) is 0 Å². The van der Waals surface area contributed by atoms with E-state index in [1.165, 1.54) is 0 Å². The summed E-state index contributed by atoms with van der Waals surface area (Å²) < 4.78 is 26.8. The van der Waals surface area contributed by atoms with Crippen molar-refractivity contribution in [2.45, 2.75) is 26.7 Å². The van der Waals surface area contributed by atoms with Crippen molar-refractivity contribution in [1.29, 1.82) is 5.26 Å². The van der Waals surface area contributed by atoms with Crippen LogP contribution >= 0.6 is 0 Å². The minimum Gasteiger partial charge on any atom is -0.358 e. The molecule has 0 spiro atoms. The number of benzene rings is 2. The number of hydrogen-bond acceptors (Lipinski definition) is 3. The maximum atomic E-state index is 13.6. The summed E-state index contributed by atoms with van der Waals surface area (Å²) in [5, 5.41) is 14.5. The van der Waals surface area contributed by atoms with Gasteiger partial charge in [-0.1, -0.05) is 32.0 Å². The van der Waals surface area contributed by atoms with Gasteiger partial charge < -0.3 is 10.6 Å². The maximum absolute atomic E-state index is 13.6. The molecule has 0 radical (unpaired) electrons. The van der Waals surface area contributed by atoms with Crippen LogP contribution in [0.15, 0.2) is 48.2 Å². The van der Waals surface area contributed by atoms with E-state index in [0.717, 1.165) is 48.4 Å². The lowest BCUT2D eigenvalue weighted by Crippen LogP contribution is -2.17. The first kappa shape index (κ1) is 19.1. The van der Waals surface area contributed by atoms with Gasteiger partial charge in [-0.2, -0.15) is 5.26 Å². The van der Waals surface area contributed by atoms with E-state index in [-0.39, 0.29) is 11.3 Å². The van der Waals surface area contributed by atoms with Gasteiger partial charge in [0.15, 0.2) is 0 Å². The highest BCUT2D eigenvalue weighted by Gasteiger charge is 2.14. The molecule has 26 heavy (non-hydrogen) atoms. The Kier molecular flexibility index (Phi) is 6.45. The number of anilines is 2. The first-order valence-corrected chi connectivity index (χ1v) is 8.24. The minimum atomic E-state index is -0.690. The summed E-state index contributed by atoms with van der Waals surface area (Å²) >= 11 is 0. The largest absolute Gasteiger partial charge is 0.358 e. The van der Waals surface area contributed by atoms with Crippen molar-refractivity contribution in [3.8, 4) is 6.07 Å². The lowest BCUT2D eigenvalue weighted by atomic mass is 10.0. The zero-order chi connectivity index (χ0) is 19.1. The summed E-state index contributed by atoms with van der Waals surface area (Å²) in [5.74, 6) is -1.94. The Balaban J connectivity index is 2.25. The van der Waals surface area contributed by atoms with Crippen LogP contribution in [0.5, 0.6) is 0 Å². The van der Waals surface area contributed by atoms with Crippen molar-refractivity contribution in [3.05, 3.63) is 70.9 Å². The molecular weight excluding hydrogens is 336 g/mol. The third-order valence-electron chi connectivity index (χ3n) is 3.90. The molecule has 0 aliphatic carbocycles. The van der Waals surface area contributed by atoms with E-state index in [1.54, 1.807) is 6.07 Å². The zero-order valence-electron chi connectivity index (χ0n) is 14.6. The molecule has 0 aromatic heterocycles. The number of nitriles is 1. The quantitative estimate of drug-likeness (QED) is 0.590.